The number of rotatable bonds is 9. The molecule has 0 aliphatic heterocycles. The summed E-state index contributed by atoms with van der Waals surface area (Å²) in [5, 5.41) is 11.5. The van der Waals surface area contributed by atoms with E-state index in [4.69, 9.17) is 32.7 Å². The average Bonchev–Trinajstić information content (AvgIpc) is 2.87. The molecule has 0 heterocycles. The second-order valence-corrected chi connectivity index (χ2v) is 8.51. The van der Waals surface area contributed by atoms with Crippen molar-refractivity contribution in [3.8, 4) is 11.8 Å². The van der Waals surface area contributed by atoms with Crippen LogP contribution in [0.25, 0.3) is 10.8 Å². The molecular weight excluding hydrogens is 491 g/mol. The molecule has 1 atom stereocenters. The van der Waals surface area contributed by atoms with Gasteiger partial charge in [0.05, 0.1) is 35.4 Å². The number of hydrogen-bond donors (Lipinski definition) is 0. The molecule has 35 heavy (non-hydrogen) atoms. The summed E-state index contributed by atoms with van der Waals surface area (Å²) in [6, 6.07) is 15.7. The van der Waals surface area contributed by atoms with E-state index in [1.807, 2.05) is 0 Å². The smallest absolute Gasteiger partial charge is 0.325 e. The molecule has 180 valence electrons. The van der Waals surface area contributed by atoms with Crippen LogP contribution in [0.4, 0.5) is 0 Å². The summed E-state index contributed by atoms with van der Waals surface area (Å²) < 4.78 is 10.3. The first-order chi connectivity index (χ1) is 16.8. The Balaban J connectivity index is 2.14. The van der Waals surface area contributed by atoms with Crippen LogP contribution in [0, 0.1) is 11.3 Å². The van der Waals surface area contributed by atoms with Gasteiger partial charge in [-0.2, -0.15) is 5.26 Å². The third-order valence-electron chi connectivity index (χ3n) is 5.61. The molecule has 0 N–H and O–H groups in total. The van der Waals surface area contributed by atoms with Gasteiger partial charge in [0.25, 0.3) is 5.91 Å². The Morgan fingerprint density at radius 3 is 2.49 bits per heavy atom. The molecule has 1 unspecified atom stereocenters. The van der Waals surface area contributed by atoms with E-state index in [2.05, 4.69) is 6.07 Å². The molecule has 0 radical (unpaired) electrons. The highest BCUT2D eigenvalue weighted by molar-refractivity contribution is 6.42. The van der Waals surface area contributed by atoms with E-state index >= 15 is 0 Å². The van der Waals surface area contributed by atoms with Gasteiger partial charge in [0.1, 0.15) is 24.6 Å². The highest BCUT2D eigenvalue weighted by Crippen LogP contribution is 2.34. The van der Waals surface area contributed by atoms with E-state index in [1.54, 1.807) is 48.5 Å². The number of esters is 1. The molecule has 0 aliphatic carbocycles. The Morgan fingerprint density at radius 2 is 1.86 bits per heavy atom. The van der Waals surface area contributed by atoms with Crippen LogP contribution in [-0.4, -0.2) is 50.4 Å². The number of carbonyl (C=O) groups is 3. The number of halogens is 2. The molecule has 3 aromatic rings. The molecule has 0 spiro atoms. The van der Waals surface area contributed by atoms with Crippen LogP contribution in [0.15, 0.2) is 48.5 Å². The number of fused-ring (bicyclic) bond motifs is 1. The van der Waals surface area contributed by atoms with E-state index in [9.17, 15) is 19.6 Å². The molecule has 7 nitrogen and oxygen atoms in total. The molecule has 1 amide bonds. The van der Waals surface area contributed by atoms with Gasteiger partial charge in [0.2, 0.25) is 0 Å². The molecule has 3 aromatic carbocycles. The van der Waals surface area contributed by atoms with Crippen molar-refractivity contribution in [2.45, 2.75) is 12.3 Å². The third kappa shape index (κ3) is 5.73. The van der Waals surface area contributed by atoms with Crippen LogP contribution in [0.2, 0.25) is 10.0 Å². The molecule has 3 rings (SSSR count). The standard InChI is InChI=1S/C26H22Cl2N2O5/c1-34-23(32)15-30(14-18(9-10-31)16-7-8-21(27)22(28)12-16)26(33)24-20-6-4-3-5-17(20)11-19(13-29)25(24)35-2/h3-8,10-12,18H,9,14-15H2,1-2H3. The van der Waals surface area contributed by atoms with Crippen LogP contribution >= 0.6 is 23.2 Å². The monoisotopic (exact) mass is 512 g/mol. The van der Waals surface area contributed by atoms with E-state index in [0.717, 1.165) is 6.29 Å². The van der Waals surface area contributed by atoms with Crippen molar-refractivity contribution >= 4 is 52.1 Å². The molecule has 0 aromatic heterocycles. The van der Waals surface area contributed by atoms with Crippen LogP contribution in [0.3, 0.4) is 0 Å². The molecular formula is C26H22Cl2N2O5. The molecule has 0 saturated heterocycles. The number of nitrogens with zero attached hydrogens (tertiary/aromatic N) is 2. The summed E-state index contributed by atoms with van der Waals surface area (Å²) in [6.07, 6.45) is 0.805. The maximum absolute atomic E-state index is 13.9. The largest absolute Gasteiger partial charge is 0.495 e. The van der Waals surface area contributed by atoms with Gasteiger partial charge in [0.15, 0.2) is 0 Å². The number of benzene rings is 3. The fourth-order valence-corrected chi connectivity index (χ4v) is 4.20. The number of hydrogen-bond acceptors (Lipinski definition) is 6. The van der Waals surface area contributed by atoms with Gasteiger partial charge in [-0.15, -0.1) is 0 Å². The quantitative estimate of drug-likeness (QED) is 0.295. The van der Waals surface area contributed by atoms with Gasteiger partial charge in [-0.05, 0) is 34.5 Å². The van der Waals surface area contributed by atoms with Crippen molar-refractivity contribution < 1.29 is 23.9 Å². The Bertz CT molecular complexity index is 1320. The molecule has 9 heteroatoms. The minimum absolute atomic E-state index is 0.00109. The van der Waals surface area contributed by atoms with Gasteiger partial charge in [0, 0.05) is 18.9 Å². The number of amides is 1. The molecule has 0 bridgehead atoms. The lowest BCUT2D eigenvalue weighted by Gasteiger charge is -2.28. The molecule has 0 aliphatic rings. The number of carbonyl (C=O) groups excluding carboxylic acids is 3. The first-order valence-corrected chi connectivity index (χ1v) is 11.3. The fraction of sp³-hybridized carbons (Fsp3) is 0.231. The Hall–Kier alpha value is -3.60. The third-order valence-corrected chi connectivity index (χ3v) is 6.35. The summed E-state index contributed by atoms with van der Waals surface area (Å²) >= 11 is 12.2. The summed E-state index contributed by atoms with van der Waals surface area (Å²) in [5.74, 6) is -1.56. The SMILES string of the molecule is COC(=O)CN(CC(CC=O)c1ccc(Cl)c(Cl)c1)C(=O)c1c(OC)c(C#N)cc2ccccc12. The fourth-order valence-electron chi connectivity index (χ4n) is 3.90. The van der Waals surface area contributed by atoms with Gasteiger partial charge < -0.3 is 19.2 Å². The first kappa shape index (κ1) is 26.0. The minimum atomic E-state index is -0.642. The van der Waals surface area contributed by atoms with E-state index in [-0.39, 0.29) is 36.4 Å². The second kappa shape index (κ2) is 11.7. The van der Waals surface area contributed by atoms with E-state index < -0.39 is 17.8 Å². The van der Waals surface area contributed by atoms with Crippen molar-refractivity contribution in [1.29, 1.82) is 5.26 Å². The Kier molecular flexibility index (Phi) is 8.69. The predicted molar refractivity (Wildman–Crippen MR) is 133 cm³/mol. The zero-order valence-electron chi connectivity index (χ0n) is 19.1. The van der Waals surface area contributed by atoms with Crippen molar-refractivity contribution in [3.63, 3.8) is 0 Å². The molecule has 0 fully saturated rings. The Morgan fingerprint density at radius 1 is 1.11 bits per heavy atom. The summed E-state index contributed by atoms with van der Waals surface area (Å²) in [7, 11) is 2.59. The van der Waals surface area contributed by atoms with Crippen LogP contribution < -0.4 is 4.74 Å². The number of aldehydes is 1. The maximum atomic E-state index is 13.9. The maximum Gasteiger partial charge on any atom is 0.325 e. The van der Waals surface area contributed by atoms with Crippen molar-refractivity contribution in [2.24, 2.45) is 0 Å². The zero-order chi connectivity index (χ0) is 25.5. The predicted octanol–water partition coefficient (Wildman–Crippen LogP) is 5.01. The average molecular weight is 513 g/mol. The number of ether oxygens (including phenoxy) is 2. The summed E-state index contributed by atoms with van der Waals surface area (Å²) in [5.41, 5.74) is 1.00. The van der Waals surface area contributed by atoms with E-state index in [0.29, 0.717) is 26.4 Å². The lowest BCUT2D eigenvalue weighted by Crippen LogP contribution is -2.39. The van der Waals surface area contributed by atoms with Gasteiger partial charge in [-0.3, -0.25) is 9.59 Å². The Labute approximate surface area is 212 Å². The highest BCUT2D eigenvalue weighted by atomic mass is 35.5. The molecule has 0 saturated carbocycles. The lowest BCUT2D eigenvalue weighted by molar-refractivity contribution is -0.141. The highest BCUT2D eigenvalue weighted by Gasteiger charge is 2.29. The number of nitriles is 1. The summed E-state index contributed by atoms with van der Waals surface area (Å²) in [4.78, 5) is 39.0. The van der Waals surface area contributed by atoms with E-state index in [1.165, 1.54) is 19.1 Å². The van der Waals surface area contributed by atoms with Gasteiger partial charge >= 0.3 is 5.97 Å². The lowest BCUT2D eigenvalue weighted by atomic mass is 9.94. The normalized spacial score (nSPS) is 11.4. The van der Waals surface area contributed by atoms with Crippen LogP contribution in [0.1, 0.15) is 33.8 Å². The van der Waals surface area contributed by atoms with Crippen LogP contribution in [0.5, 0.6) is 5.75 Å². The first-order valence-electron chi connectivity index (χ1n) is 10.6. The minimum Gasteiger partial charge on any atom is -0.495 e. The van der Waals surface area contributed by atoms with Crippen LogP contribution in [-0.2, 0) is 14.3 Å². The zero-order valence-corrected chi connectivity index (χ0v) is 20.6. The van der Waals surface area contributed by atoms with Gasteiger partial charge in [-0.1, -0.05) is 53.5 Å². The second-order valence-electron chi connectivity index (χ2n) is 7.70. The van der Waals surface area contributed by atoms with Crippen molar-refractivity contribution in [3.05, 3.63) is 75.3 Å². The summed E-state index contributed by atoms with van der Waals surface area (Å²) in [6.45, 7) is -0.376. The van der Waals surface area contributed by atoms with Gasteiger partial charge in [-0.25, -0.2) is 0 Å². The number of methoxy groups -OCH3 is 2. The topological polar surface area (TPSA) is 96.7 Å². The van der Waals surface area contributed by atoms with Crippen molar-refractivity contribution in [1.82, 2.24) is 4.90 Å². The van der Waals surface area contributed by atoms with Crippen molar-refractivity contribution in [2.75, 3.05) is 27.3 Å².